The molecule has 4 atom stereocenters. The van der Waals surface area contributed by atoms with Crippen LogP contribution in [0.15, 0.2) is 0 Å². The highest BCUT2D eigenvalue weighted by atomic mass is 127. The number of hydrogen-bond acceptors (Lipinski definition) is 4. The lowest BCUT2D eigenvalue weighted by atomic mass is 10.0. The molecule has 1 unspecified atom stereocenters. The van der Waals surface area contributed by atoms with Crippen molar-refractivity contribution in [3.05, 3.63) is 0 Å². The topological polar surface area (TPSA) is 61.7 Å². The summed E-state index contributed by atoms with van der Waals surface area (Å²) in [6.07, 6.45) is -0.256. The number of rotatable bonds is 3. The molecule has 12 heavy (non-hydrogen) atoms. The van der Waals surface area contributed by atoms with Crippen molar-refractivity contribution in [1.82, 2.24) is 5.32 Å². The molecule has 4 nitrogen and oxygen atoms in total. The van der Waals surface area contributed by atoms with Crippen LogP contribution in [-0.2, 0) is 3.79 Å². The monoisotopic (exact) mass is 319 g/mol. The van der Waals surface area contributed by atoms with E-state index in [1.165, 1.54) is 0 Å². The highest BCUT2D eigenvalue weighted by Crippen LogP contribution is 2.25. The van der Waals surface area contributed by atoms with Crippen LogP contribution in [0.3, 0.4) is 0 Å². The van der Waals surface area contributed by atoms with Gasteiger partial charge in [-0.2, -0.15) is 20.3 Å². The van der Waals surface area contributed by atoms with Crippen LogP contribution in [0.25, 0.3) is 0 Å². The smallest absolute Gasteiger partial charge is 0.490 e. The van der Waals surface area contributed by atoms with Gasteiger partial charge in [0.1, 0.15) is 5.60 Å². The fourth-order valence-corrected chi connectivity index (χ4v) is 3.46. The highest BCUT2D eigenvalue weighted by molar-refractivity contribution is 14.1. The van der Waals surface area contributed by atoms with Gasteiger partial charge < -0.3 is 19.3 Å². The van der Waals surface area contributed by atoms with Crippen LogP contribution in [-0.4, -0.2) is 53.1 Å². The molecule has 7 heteroatoms. The van der Waals surface area contributed by atoms with E-state index in [-0.39, 0.29) is 6.10 Å². The van der Waals surface area contributed by atoms with Crippen molar-refractivity contribution in [3.63, 3.8) is 0 Å². The van der Waals surface area contributed by atoms with Crippen LogP contribution in [0.2, 0.25) is 0 Å². The van der Waals surface area contributed by atoms with Gasteiger partial charge in [-0.25, -0.2) is 0 Å². The van der Waals surface area contributed by atoms with Gasteiger partial charge in [0, 0.05) is 13.1 Å². The van der Waals surface area contributed by atoms with Crippen molar-refractivity contribution in [1.29, 1.82) is 0 Å². The van der Waals surface area contributed by atoms with Crippen LogP contribution in [0.5, 0.6) is 0 Å². The molecule has 0 spiro atoms. The number of halogens is 1. The molecule has 70 valence electrons. The summed E-state index contributed by atoms with van der Waals surface area (Å²) >= 11 is 1.64. The first-order valence-corrected chi connectivity index (χ1v) is 10.0. The summed E-state index contributed by atoms with van der Waals surface area (Å²) in [6, 6.07) is 0. The Morgan fingerprint density at radius 3 is 3.00 bits per heavy atom. The van der Waals surface area contributed by atoms with Gasteiger partial charge in [0.05, 0.1) is 11.9 Å². The Morgan fingerprint density at radius 1 is 1.83 bits per heavy atom. The molecule has 0 bridgehead atoms. The van der Waals surface area contributed by atoms with E-state index in [4.69, 9.17) is 3.79 Å². The maximum Gasteiger partial charge on any atom is 0.526 e. The molecule has 3 N–H and O–H groups in total. The molecule has 1 saturated heterocycles. The third-order valence-corrected chi connectivity index (χ3v) is 4.26. The standard InChI is InChI=1S/C5H11NO3P.Al.HI.H/c7-3-1-6-2-5(3,9)4(8)10;;;/h3-4,6,8-9H,1-2,10H2;;1H;/q-1;+2;;/p-1/t3-,4-,5-;;;/m0.../s1. The van der Waals surface area contributed by atoms with Gasteiger partial charge in [-0.15, -0.1) is 9.24 Å². The van der Waals surface area contributed by atoms with Gasteiger partial charge >= 0.3 is 12.3 Å². The zero-order valence-corrected chi connectivity index (χ0v) is 11.3. The van der Waals surface area contributed by atoms with Crippen molar-refractivity contribution in [2.45, 2.75) is 17.6 Å². The first-order valence-electron chi connectivity index (χ1n) is 3.65. The van der Waals surface area contributed by atoms with E-state index in [0.29, 0.717) is 13.1 Å². The van der Waals surface area contributed by atoms with E-state index in [1.807, 2.05) is 0 Å². The van der Waals surface area contributed by atoms with E-state index in [0.717, 1.165) is 0 Å². The summed E-state index contributed by atoms with van der Waals surface area (Å²) in [5.74, 6) is -0.825. The average molecular weight is 319 g/mol. The fourth-order valence-electron chi connectivity index (χ4n) is 1.27. The Hall–Kier alpha value is 1.53. The number of β-amino-alcohol motifs (C(OH)–C–C–N with tert-alkyl or cyclic N) is 1. The minimum Gasteiger partial charge on any atom is -0.490 e. The summed E-state index contributed by atoms with van der Waals surface area (Å²) in [5, 5.41) is 22.2. The maximum atomic E-state index is 9.92. The molecule has 1 aliphatic rings. The van der Waals surface area contributed by atoms with Crippen LogP contribution >= 0.6 is 29.5 Å². The Kier molecular flexibility index (Phi) is 4.69. The predicted molar refractivity (Wildman–Crippen MR) is 59.6 cm³/mol. The predicted octanol–water partition coefficient (Wildman–Crippen LogP) is -1.40. The van der Waals surface area contributed by atoms with Crippen molar-refractivity contribution < 1.29 is 14.0 Å². The van der Waals surface area contributed by atoms with Gasteiger partial charge in [0.2, 0.25) is 0 Å². The zero-order chi connectivity index (χ0) is 9.19. The van der Waals surface area contributed by atoms with Crippen LogP contribution in [0.4, 0.5) is 0 Å². The van der Waals surface area contributed by atoms with E-state index in [2.05, 4.69) is 34.8 Å². The van der Waals surface area contributed by atoms with Gasteiger partial charge in [-0.3, -0.25) is 0 Å². The molecule has 1 heterocycles. The summed E-state index contributed by atoms with van der Waals surface area (Å²) < 4.78 is 5.42. The molecule has 0 saturated carbocycles. The largest absolute Gasteiger partial charge is 0.526 e. The zero-order valence-electron chi connectivity index (χ0n) is 6.53. The second-order valence-electron chi connectivity index (χ2n) is 2.83. The molecule has 0 aliphatic carbocycles. The first kappa shape index (κ1) is 11.6. The summed E-state index contributed by atoms with van der Waals surface area (Å²) in [4.78, 5) is 0. The molecule has 0 amide bonds. The summed E-state index contributed by atoms with van der Waals surface area (Å²) in [5.41, 5.74) is -1.12. The molecule has 0 radical (unpaired) electrons. The van der Waals surface area contributed by atoms with Crippen molar-refractivity contribution >= 4 is 41.8 Å². The molecule has 1 aliphatic heterocycles. The SMILES string of the molecule is O[C@@H](P)[C@]1(O)CNC[C@@H]1[O][AlH][I]. The van der Waals surface area contributed by atoms with E-state index in [9.17, 15) is 10.2 Å². The van der Waals surface area contributed by atoms with Gasteiger partial charge in [0.25, 0.3) is 0 Å². The molecule has 1 fully saturated rings. The number of aliphatic hydroxyl groups is 2. The summed E-state index contributed by atoms with van der Waals surface area (Å²) in [7, 11) is 2.20. The minimum absolute atomic E-state index is 0.256. The second kappa shape index (κ2) is 4.85. The molecular formula is C5H12AlINO3P. The lowest BCUT2D eigenvalue weighted by Crippen LogP contribution is -2.50. The highest BCUT2D eigenvalue weighted by Gasteiger charge is 2.45. The first-order chi connectivity index (χ1) is 5.61. The fraction of sp³-hybridized carbons (Fsp3) is 1.00. The number of hydrogen-bond donors (Lipinski definition) is 3. The molecule has 0 aromatic carbocycles. The van der Waals surface area contributed by atoms with Gasteiger partial charge in [0.15, 0.2) is 0 Å². The van der Waals surface area contributed by atoms with Crippen LogP contribution in [0, 0.1) is 0 Å². The number of aliphatic hydroxyl groups excluding tert-OH is 1. The molecule has 1 rings (SSSR count). The maximum absolute atomic E-state index is 9.92. The Morgan fingerprint density at radius 2 is 2.50 bits per heavy atom. The molecular weight excluding hydrogens is 307 g/mol. The Balaban J connectivity index is 2.61. The Labute approximate surface area is 91.4 Å². The third kappa shape index (κ3) is 2.31. The lowest BCUT2D eigenvalue weighted by molar-refractivity contribution is -0.0761. The average Bonchev–Trinajstić information content (AvgIpc) is 2.35. The Bertz CT molecular complexity index is 164. The minimum atomic E-state index is -1.12. The van der Waals surface area contributed by atoms with E-state index in [1.54, 1.807) is 0 Å². The molecule has 0 aromatic rings. The lowest BCUT2D eigenvalue weighted by Gasteiger charge is -2.31. The third-order valence-electron chi connectivity index (χ3n) is 2.07. The normalized spacial score (nSPS) is 38.2. The van der Waals surface area contributed by atoms with Crippen molar-refractivity contribution in [2.75, 3.05) is 13.1 Å². The van der Waals surface area contributed by atoms with Crippen molar-refractivity contribution in [3.8, 4) is 0 Å². The quantitative estimate of drug-likeness (QED) is 0.340. The van der Waals surface area contributed by atoms with Gasteiger partial charge in [-0.1, -0.05) is 0 Å². The van der Waals surface area contributed by atoms with Crippen molar-refractivity contribution in [2.24, 2.45) is 0 Å². The summed E-state index contributed by atoms with van der Waals surface area (Å²) in [6.45, 7) is 1.02. The van der Waals surface area contributed by atoms with E-state index >= 15 is 0 Å². The second-order valence-corrected chi connectivity index (χ2v) is 5.88. The van der Waals surface area contributed by atoms with Gasteiger partial charge in [-0.05, 0) is 0 Å². The molecule has 0 aromatic heterocycles. The number of nitrogens with one attached hydrogen (secondary N) is 1. The van der Waals surface area contributed by atoms with Crippen LogP contribution < -0.4 is 5.32 Å². The van der Waals surface area contributed by atoms with E-state index < -0.39 is 23.7 Å². The van der Waals surface area contributed by atoms with Crippen LogP contribution in [0.1, 0.15) is 0 Å².